The van der Waals surface area contributed by atoms with Crippen molar-refractivity contribution in [3.05, 3.63) is 0 Å². The maximum Gasteiger partial charge on any atom is 0.408 e. The maximum atomic E-state index is 11.2. The fraction of sp³-hybridized carbons (Fsp3) is 0.818. The van der Waals surface area contributed by atoms with Gasteiger partial charge < -0.3 is 40.6 Å². The number of alkyl carbamates (subject to hydrolysis) is 3. The van der Waals surface area contributed by atoms with Gasteiger partial charge in [0.25, 0.3) is 0 Å². The number of rotatable bonds is 7. The fourth-order valence-electron chi connectivity index (χ4n) is 1.45. The summed E-state index contributed by atoms with van der Waals surface area (Å²) < 4.78 is 18.7. The number of halogens is 5. The van der Waals surface area contributed by atoms with Crippen LogP contribution in [0.5, 0.6) is 0 Å². The summed E-state index contributed by atoms with van der Waals surface area (Å²) in [5.41, 5.74) is 2.01. The Labute approximate surface area is 257 Å². The molecule has 3 amide bonds. The van der Waals surface area contributed by atoms with E-state index in [1.165, 1.54) is 13.8 Å². The second-order valence-corrected chi connectivity index (χ2v) is 10.9. The third-order valence-corrected chi connectivity index (χ3v) is 2.67. The van der Waals surface area contributed by atoms with E-state index in [0.717, 1.165) is 0 Å². The van der Waals surface area contributed by atoms with Crippen LogP contribution >= 0.6 is 58.0 Å². The van der Waals surface area contributed by atoms with Gasteiger partial charge in [-0.15, -0.1) is 23.2 Å². The van der Waals surface area contributed by atoms with E-state index in [1.54, 1.807) is 20.8 Å². The summed E-state index contributed by atoms with van der Waals surface area (Å²) in [7, 11) is 0. The van der Waals surface area contributed by atoms with Gasteiger partial charge in [-0.2, -0.15) is 0 Å². The number of carbonyl (C=O) groups excluding carboxylic acids is 4. The lowest BCUT2D eigenvalue weighted by Gasteiger charge is -2.19. The van der Waals surface area contributed by atoms with Crippen LogP contribution in [0.25, 0.3) is 0 Å². The summed E-state index contributed by atoms with van der Waals surface area (Å²) in [6.45, 7) is 15.1. The molecule has 2 unspecified atom stereocenters. The lowest BCUT2D eigenvalue weighted by molar-refractivity contribution is 0.0517. The Balaban J connectivity index is -0.000000150. The van der Waals surface area contributed by atoms with E-state index in [-0.39, 0.29) is 25.9 Å². The summed E-state index contributed by atoms with van der Waals surface area (Å²) in [5, 5.41) is 7.60. The first-order chi connectivity index (χ1) is 17.2. The van der Waals surface area contributed by atoms with Crippen LogP contribution in [0.3, 0.4) is 0 Å². The third kappa shape index (κ3) is 57.6. The summed E-state index contributed by atoms with van der Waals surface area (Å²) in [6.07, 6.45) is -1.57. The van der Waals surface area contributed by atoms with Crippen LogP contribution in [0, 0.1) is 0 Å². The minimum absolute atomic E-state index is 0. The molecule has 0 fully saturated rings. The number of nitrogens with two attached hydrogens (primary N) is 1. The van der Waals surface area contributed by atoms with Crippen LogP contribution in [-0.2, 0) is 18.9 Å². The zero-order chi connectivity index (χ0) is 30.9. The molecule has 0 radical (unpaired) electrons. The van der Waals surface area contributed by atoms with E-state index in [0.29, 0.717) is 13.1 Å². The Kier molecular flexibility index (Phi) is 34.4. The Morgan fingerprint density at radius 1 is 0.718 bits per heavy atom. The molecule has 0 aliphatic rings. The lowest BCUT2D eigenvalue weighted by atomic mass is 10.2. The number of hydrogen-bond acceptors (Lipinski definition) is 9. The molecule has 17 heteroatoms. The van der Waals surface area contributed by atoms with Gasteiger partial charge in [0.05, 0.1) is 5.34 Å². The molecule has 0 aromatic heterocycles. The van der Waals surface area contributed by atoms with Crippen LogP contribution in [0.15, 0.2) is 0 Å². The van der Waals surface area contributed by atoms with E-state index < -0.39 is 46.0 Å². The van der Waals surface area contributed by atoms with Gasteiger partial charge in [-0.05, 0) is 55.4 Å². The molecule has 0 heterocycles. The minimum Gasteiger partial charge on any atom is -0.444 e. The first-order valence-corrected chi connectivity index (χ1v) is 13.4. The molecule has 0 aliphatic carbocycles. The standard InChI is InChI=1S/C10H19ClN2O4.C7H16N2O2.C3H4Cl2O2.CH2Cl2.CH4/c1-7(11)16-8(14)12-5-6-13-9(15)17-10(2,3)4;1-7(2,3)11-6(10)9-5-4-8;1-2(4)7-3(5)6;2-1-3;/h7H,5-6H2,1-4H3,(H,12,14)(H,13,15);4-5,8H2,1-3H3,(H,9,10);2H,1H3;1H2;1H4. The van der Waals surface area contributed by atoms with Crippen molar-refractivity contribution in [3.63, 3.8) is 0 Å². The van der Waals surface area contributed by atoms with E-state index in [1.807, 2.05) is 20.8 Å². The number of ether oxygens (including phenoxy) is 4. The highest BCUT2D eigenvalue weighted by atomic mass is 35.5. The smallest absolute Gasteiger partial charge is 0.408 e. The number of hydrogen-bond donors (Lipinski definition) is 4. The van der Waals surface area contributed by atoms with Crippen molar-refractivity contribution in [3.8, 4) is 0 Å². The van der Waals surface area contributed by atoms with Crippen LogP contribution in [0.2, 0.25) is 0 Å². The maximum absolute atomic E-state index is 11.2. The molecule has 0 bridgehead atoms. The molecule has 12 nitrogen and oxygen atoms in total. The Bertz CT molecular complexity index is 647. The van der Waals surface area contributed by atoms with E-state index in [2.05, 4.69) is 25.4 Å². The van der Waals surface area contributed by atoms with Gasteiger partial charge in [0.1, 0.15) is 11.2 Å². The molecule has 0 aromatic rings. The van der Waals surface area contributed by atoms with Crippen molar-refractivity contribution in [1.82, 2.24) is 16.0 Å². The van der Waals surface area contributed by atoms with Crippen LogP contribution < -0.4 is 21.7 Å². The second-order valence-electron chi connectivity index (χ2n) is 8.52. The van der Waals surface area contributed by atoms with Gasteiger partial charge in [-0.25, -0.2) is 19.2 Å². The van der Waals surface area contributed by atoms with Gasteiger partial charge in [0.2, 0.25) is 0 Å². The van der Waals surface area contributed by atoms with E-state index in [9.17, 15) is 19.2 Å². The molecule has 0 spiro atoms. The SMILES string of the molecule is C.CC(C)(C)OC(=O)NCCN.CC(Cl)OC(=O)Cl.CC(Cl)OC(=O)NCCNC(=O)OC(C)(C)C.ClCCl. The first-order valence-electron chi connectivity index (χ1n) is 11.0. The molecular weight excluding hydrogens is 626 g/mol. The third-order valence-electron chi connectivity index (χ3n) is 2.40. The molecule has 0 rings (SSSR count). The largest absolute Gasteiger partial charge is 0.444 e. The molecule has 0 saturated heterocycles. The van der Waals surface area contributed by atoms with Gasteiger partial charge in [-0.1, -0.05) is 30.6 Å². The summed E-state index contributed by atoms with van der Waals surface area (Å²) in [5.74, 6) is 0. The molecule has 0 saturated carbocycles. The Morgan fingerprint density at radius 3 is 1.26 bits per heavy atom. The number of amides is 3. The van der Waals surface area contributed by atoms with Gasteiger partial charge in [-0.3, -0.25) is 0 Å². The van der Waals surface area contributed by atoms with Gasteiger partial charge in [0.15, 0.2) is 11.1 Å². The molecule has 39 heavy (non-hydrogen) atoms. The zero-order valence-corrected chi connectivity index (χ0v) is 26.7. The van der Waals surface area contributed by atoms with E-state index in [4.69, 9.17) is 73.2 Å². The van der Waals surface area contributed by atoms with Gasteiger partial charge >= 0.3 is 23.7 Å². The van der Waals surface area contributed by atoms with Crippen LogP contribution in [-0.4, -0.2) is 77.6 Å². The second kappa shape index (κ2) is 28.2. The highest BCUT2D eigenvalue weighted by Crippen LogP contribution is 2.06. The quantitative estimate of drug-likeness (QED) is 0.105. The number of nitrogens with one attached hydrogen (secondary N) is 3. The molecule has 0 aliphatic heterocycles. The Morgan fingerprint density at radius 2 is 1.03 bits per heavy atom. The first kappa shape index (κ1) is 47.5. The summed E-state index contributed by atoms with van der Waals surface area (Å²) in [6, 6.07) is 0. The fourth-order valence-corrected chi connectivity index (χ4v) is 1.79. The highest BCUT2D eigenvalue weighted by molar-refractivity contribution is 6.61. The average Bonchev–Trinajstić information content (AvgIpc) is 2.67. The van der Waals surface area contributed by atoms with Crippen molar-refractivity contribution in [2.75, 3.05) is 31.5 Å². The van der Waals surface area contributed by atoms with Gasteiger partial charge in [0, 0.05) is 37.8 Å². The normalized spacial score (nSPS) is 11.3. The monoisotopic (exact) mass is 668 g/mol. The van der Waals surface area contributed by atoms with Crippen LogP contribution in [0.1, 0.15) is 62.8 Å². The molecule has 5 N–H and O–H groups in total. The summed E-state index contributed by atoms with van der Waals surface area (Å²) in [4.78, 5) is 42.7. The minimum atomic E-state index is -0.873. The van der Waals surface area contributed by atoms with Crippen molar-refractivity contribution in [2.45, 2.75) is 85.1 Å². The molecular formula is C22H45Cl5N4O8. The van der Waals surface area contributed by atoms with Crippen molar-refractivity contribution >= 4 is 81.7 Å². The van der Waals surface area contributed by atoms with E-state index >= 15 is 0 Å². The number of carbonyl (C=O) groups is 4. The molecule has 0 aromatic carbocycles. The average molecular weight is 671 g/mol. The number of alkyl halides is 4. The lowest BCUT2D eigenvalue weighted by Crippen LogP contribution is -2.38. The Hall–Kier alpha value is -1.31. The highest BCUT2D eigenvalue weighted by Gasteiger charge is 2.16. The predicted octanol–water partition coefficient (Wildman–Crippen LogP) is 6.30. The van der Waals surface area contributed by atoms with Crippen molar-refractivity contribution < 1.29 is 38.1 Å². The topological polar surface area (TPSA) is 167 Å². The van der Waals surface area contributed by atoms with Crippen molar-refractivity contribution in [2.24, 2.45) is 5.73 Å². The molecule has 2 atom stereocenters. The molecule has 236 valence electrons. The van der Waals surface area contributed by atoms with Crippen LogP contribution in [0.4, 0.5) is 19.2 Å². The zero-order valence-electron chi connectivity index (χ0n) is 22.9. The predicted molar refractivity (Wildman–Crippen MR) is 158 cm³/mol. The van der Waals surface area contributed by atoms with Crippen molar-refractivity contribution in [1.29, 1.82) is 0 Å². The summed E-state index contributed by atoms with van der Waals surface area (Å²) >= 11 is 24.8.